The van der Waals surface area contributed by atoms with Crippen LogP contribution in [-0.4, -0.2) is 95.3 Å². The number of aromatic hydroxyl groups is 2. The number of nitrogens with zero attached hydrogens (tertiary/aromatic N) is 6. The molecule has 0 saturated carbocycles. The second kappa shape index (κ2) is 18.0. The topological polar surface area (TPSA) is 249 Å². The Balaban J connectivity index is 0.00000336. The van der Waals surface area contributed by atoms with Crippen LogP contribution in [0.4, 0.5) is 39.8 Å². The predicted octanol–water partition coefficient (Wildman–Crippen LogP) is 9.25. The fourth-order valence-electron chi connectivity index (χ4n) is 4.95. The van der Waals surface area contributed by atoms with Gasteiger partial charge in [0.25, 0.3) is 20.2 Å². The van der Waals surface area contributed by atoms with Crippen LogP contribution >= 0.6 is 23.2 Å². The van der Waals surface area contributed by atoms with Crippen molar-refractivity contribution in [2.24, 2.45) is 30.7 Å². The van der Waals surface area contributed by atoms with Gasteiger partial charge in [0.15, 0.2) is 5.75 Å². The molecule has 0 aliphatic carbocycles. The van der Waals surface area contributed by atoms with Crippen LogP contribution in [0.15, 0.2) is 144 Å². The van der Waals surface area contributed by atoms with Crippen LogP contribution in [0.25, 0.3) is 21.9 Å². The third-order valence-electron chi connectivity index (χ3n) is 7.50. The summed E-state index contributed by atoms with van der Waals surface area (Å²) in [5, 5.41) is 44.4. The van der Waals surface area contributed by atoms with Crippen molar-refractivity contribution in [3.63, 3.8) is 0 Å². The second-order valence-corrected chi connectivity index (χ2v) is 14.7. The third-order valence-corrected chi connectivity index (χ3v) is 9.79. The Morgan fingerprint density at radius 1 is 0.545 bits per heavy atom. The summed E-state index contributed by atoms with van der Waals surface area (Å²) in [6.45, 7) is 0. The fourth-order valence-corrected chi connectivity index (χ4v) is 6.60. The van der Waals surface area contributed by atoms with E-state index in [4.69, 9.17) is 28.9 Å². The molecular weight excluding hydrogens is 815 g/mol. The molecule has 55 heavy (non-hydrogen) atoms. The summed E-state index contributed by atoms with van der Waals surface area (Å²) in [6, 6.07) is 25.8. The zero-order chi connectivity index (χ0) is 38.1. The first-order chi connectivity index (χ1) is 25.1. The molecule has 0 bridgehead atoms. The maximum atomic E-state index is 12.4. The van der Waals surface area contributed by atoms with E-state index in [0.29, 0.717) is 11.4 Å². The van der Waals surface area contributed by atoms with Crippen molar-refractivity contribution < 1.29 is 36.2 Å². The van der Waals surface area contributed by atoms with Crippen LogP contribution in [0.2, 0.25) is 10.0 Å². The molecule has 0 spiro atoms. The van der Waals surface area contributed by atoms with Gasteiger partial charge in [-0.2, -0.15) is 32.2 Å². The number of fused-ring (bicyclic) bond motifs is 1. The van der Waals surface area contributed by atoms with Gasteiger partial charge in [0.2, 0.25) is 0 Å². The molecule has 0 unspecified atom stereocenters. The van der Waals surface area contributed by atoms with Gasteiger partial charge in [0.05, 0.1) is 33.2 Å². The molecule has 272 valence electrons. The first-order valence-corrected chi connectivity index (χ1v) is 18.5. The third kappa shape index (κ3) is 10.3. The van der Waals surface area contributed by atoms with Crippen molar-refractivity contribution >= 4 is 153 Å². The minimum atomic E-state index is -5.11. The molecule has 21 heteroatoms. The summed E-state index contributed by atoms with van der Waals surface area (Å²) in [6.07, 6.45) is 0. The average molecular weight is 841 g/mol. The average Bonchev–Trinajstić information content (AvgIpc) is 3.11. The number of phenols is 2. The number of halogens is 2. The number of hydrogen-bond acceptors (Lipinski definition) is 13. The summed E-state index contributed by atoms with van der Waals surface area (Å²) in [5.41, 5.74) is 7.35. The Kier molecular flexibility index (Phi) is 14.3. The van der Waals surface area contributed by atoms with E-state index >= 15 is 0 Å². The van der Waals surface area contributed by atoms with Gasteiger partial charge in [-0.3, -0.25) is 9.11 Å². The van der Waals surface area contributed by atoms with E-state index in [2.05, 4.69) is 30.7 Å². The molecule has 0 aromatic heterocycles. The zero-order valence-corrected chi connectivity index (χ0v) is 29.7. The van der Waals surface area contributed by atoms with Gasteiger partial charge in [-0.15, -0.1) is 15.3 Å². The summed E-state index contributed by atoms with van der Waals surface area (Å²) in [4.78, 5) is -1.83. The molecule has 0 fully saturated rings. The second-order valence-electron chi connectivity index (χ2n) is 11.1. The Morgan fingerprint density at radius 2 is 0.982 bits per heavy atom. The molecule has 0 radical (unpaired) electrons. The van der Waals surface area contributed by atoms with Gasteiger partial charge in [-0.25, -0.2) is 0 Å². The van der Waals surface area contributed by atoms with Crippen molar-refractivity contribution in [3.8, 4) is 22.6 Å². The van der Waals surface area contributed by atoms with E-state index in [1.54, 1.807) is 48.5 Å². The van der Waals surface area contributed by atoms with Crippen molar-refractivity contribution in [2.75, 3.05) is 5.73 Å². The summed E-state index contributed by atoms with van der Waals surface area (Å²) < 4.78 is 69.6. The van der Waals surface area contributed by atoms with E-state index < -0.39 is 52.8 Å². The van der Waals surface area contributed by atoms with Crippen LogP contribution in [-0.2, 0) is 20.2 Å². The fraction of sp³-hybridized carbons (Fsp3) is 0. The van der Waals surface area contributed by atoms with Gasteiger partial charge >= 0.3 is 59.1 Å². The number of benzene rings is 6. The van der Waals surface area contributed by atoms with Crippen molar-refractivity contribution in [1.82, 2.24) is 0 Å². The van der Waals surface area contributed by atoms with E-state index in [1.165, 1.54) is 30.3 Å². The quantitative estimate of drug-likeness (QED) is 0.0402. The number of azo groups is 3. The number of anilines is 1. The van der Waals surface area contributed by atoms with Crippen LogP contribution in [0.1, 0.15) is 0 Å². The summed E-state index contributed by atoms with van der Waals surface area (Å²) in [5.74, 6) is -0.787. The van der Waals surface area contributed by atoms with Gasteiger partial charge < -0.3 is 15.9 Å². The Morgan fingerprint density at radius 3 is 1.47 bits per heavy atom. The molecule has 6 aromatic rings. The number of phenolic OH excluding ortho intramolecular Hbond substituents is 2. The minimum absolute atomic E-state index is 0. The van der Waals surface area contributed by atoms with Crippen molar-refractivity contribution in [1.29, 1.82) is 0 Å². The Hall–Kier alpha value is -3.82. The van der Waals surface area contributed by atoms with E-state index in [-0.39, 0.29) is 97.1 Å². The van der Waals surface area contributed by atoms with Crippen LogP contribution < -0.4 is 5.73 Å². The Labute approximate surface area is 367 Å². The SMILES string of the molecule is Nc1c(/N=N/c2cc(Cl)ccc2Cl)c(S(=O)(=O)O)cc2cc(S(=O)(=O)O)c(/N=N/c3ccc(-c4ccc(/N=N/c5ccc(O)cc5)cc4)cc3)c(O)c12.[NaH].[NaH]. The van der Waals surface area contributed by atoms with Gasteiger partial charge in [0.1, 0.15) is 32.6 Å². The molecule has 0 heterocycles. The standard InChI is InChI=1S/C34H23Cl2N7O8S2.2Na.2H/c35-21-5-14-26(36)27(17-21)41-42-32-28(52(46,47)48)15-20-16-29(53(49,50)51)33(34(45)30(20)31(32)37)43-40-23-8-3-19(4-9-23)18-1-6-22(7-2-18)38-39-24-10-12-25(44)13-11-24;;;;/h1-17,44-45H,37H2,(H,46,47,48)(H,49,50,51);;;;/b39-38+,42-41+,43-40+;;;;. The maximum absolute atomic E-state index is 12.4. The van der Waals surface area contributed by atoms with Gasteiger partial charge in [0, 0.05) is 5.02 Å². The van der Waals surface area contributed by atoms with Crippen molar-refractivity contribution in [3.05, 3.63) is 113 Å². The van der Waals surface area contributed by atoms with Crippen LogP contribution in [0.5, 0.6) is 11.5 Å². The normalized spacial score (nSPS) is 12.0. The first-order valence-electron chi connectivity index (χ1n) is 14.9. The van der Waals surface area contributed by atoms with Crippen LogP contribution in [0, 0.1) is 0 Å². The molecule has 0 aliphatic heterocycles. The first kappa shape index (κ1) is 43.9. The molecule has 15 nitrogen and oxygen atoms in total. The monoisotopic (exact) mass is 839 g/mol. The Bertz CT molecular complexity index is 2720. The van der Waals surface area contributed by atoms with Gasteiger partial charge in [-0.1, -0.05) is 47.5 Å². The molecule has 0 amide bonds. The number of hydrogen-bond donors (Lipinski definition) is 5. The van der Waals surface area contributed by atoms with Crippen molar-refractivity contribution in [2.45, 2.75) is 9.79 Å². The number of nitrogen functional groups attached to an aromatic ring is 1. The van der Waals surface area contributed by atoms with E-state index in [1.807, 2.05) is 12.1 Å². The zero-order valence-electron chi connectivity index (χ0n) is 26.6. The molecule has 6 rings (SSSR count). The van der Waals surface area contributed by atoms with Gasteiger partial charge in [-0.05, 0) is 95.4 Å². The summed E-state index contributed by atoms with van der Waals surface area (Å²) in [7, 11) is -10.2. The molecule has 6 aromatic carbocycles. The number of nitrogens with two attached hydrogens (primary N) is 1. The molecule has 0 saturated heterocycles. The van der Waals surface area contributed by atoms with Crippen LogP contribution in [0.3, 0.4) is 0 Å². The predicted molar refractivity (Wildman–Crippen MR) is 213 cm³/mol. The molecule has 6 N–H and O–H groups in total. The van der Waals surface area contributed by atoms with E-state index in [9.17, 15) is 36.2 Å². The molecular formula is C34H25Cl2N7Na2O8S2. The number of rotatable bonds is 9. The van der Waals surface area contributed by atoms with E-state index in [0.717, 1.165) is 23.3 Å². The molecule has 0 aliphatic rings. The molecule has 0 atom stereocenters. The summed E-state index contributed by atoms with van der Waals surface area (Å²) >= 11 is 12.1.